The summed E-state index contributed by atoms with van der Waals surface area (Å²) in [6.45, 7) is 10.3. The monoisotopic (exact) mass is 376 g/mol. The Morgan fingerprint density at radius 3 is 2.52 bits per heavy atom. The van der Waals surface area contributed by atoms with E-state index in [1.807, 2.05) is 20.8 Å². The first kappa shape index (κ1) is 20.9. The topological polar surface area (TPSA) is 49.9 Å². The predicted octanol–water partition coefficient (Wildman–Crippen LogP) is 3.87. The number of hydrogen-bond acceptors (Lipinski definition) is 3. The van der Waals surface area contributed by atoms with Gasteiger partial charge in [-0.1, -0.05) is 18.7 Å². The fraction of sp³-hybridized carbons (Fsp3) is 0.524. The lowest BCUT2D eigenvalue weighted by atomic mass is 10.0. The first-order chi connectivity index (χ1) is 12.6. The molecule has 5 nitrogen and oxygen atoms in total. The van der Waals surface area contributed by atoms with E-state index < -0.39 is 5.60 Å². The van der Waals surface area contributed by atoms with Crippen LogP contribution in [0.5, 0.6) is 0 Å². The molecule has 0 bridgehead atoms. The predicted molar refractivity (Wildman–Crippen MR) is 104 cm³/mol. The fourth-order valence-corrected chi connectivity index (χ4v) is 3.13. The zero-order valence-corrected chi connectivity index (χ0v) is 16.6. The third-order valence-corrected chi connectivity index (χ3v) is 4.68. The molecule has 1 heterocycles. The smallest absolute Gasteiger partial charge is 0.410 e. The van der Waals surface area contributed by atoms with Gasteiger partial charge in [-0.05, 0) is 51.3 Å². The Hall–Kier alpha value is -2.37. The van der Waals surface area contributed by atoms with Crippen molar-refractivity contribution in [1.82, 2.24) is 9.80 Å². The third-order valence-electron chi connectivity index (χ3n) is 4.68. The van der Waals surface area contributed by atoms with Gasteiger partial charge in [0.2, 0.25) is 5.91 Å². The molecule has 27 heavy (non-hydrogen) atoms. The molecule has 0 N–H and O–H groups in total. The van der Waals surface area contributed by atoms with E-state index in [4.69, 9.17) is 4.74 Å². The van der Waals surface area contributed by atoms with Gasteiger partial charge in [0.15, 0.2) is 0 Å². The van der Waals surface area contributed by atoms with Gasteiger partial charge >= 0.3 is 6.09 Å². The number of carbonyl (C=O) groups is 2. The summed E-state index contributed by atoms with van der Waals surface area (Å²) in [5.74, 6) is -0.331. The number of carbonyl (C=O) groups excluding carboxylic acids is 2. The number of rotatable bonds is 4. The van der Waals surface area contributed by atoms with Crippen molar-refractivity contribution in [2.75, 3.05) is 20.1 Å². The van der Waals surface area contributed by atoms with Gasteiger partial charge in [-0.25, -0.2) is 9.18 Å². The van der Waals surface area contributed by atoms with E-state index in [-0.39, 0.29) is 30.3 Å². The van der Waals surface area contributed by atoms with Crippen LogP contribution in [-0.4, -0.2) is 53.6 Å². The van der Waals surface area contributed by atoms with Crippen molar-refractivity contribution in [1.29, 1.82) is 0 Å². The fourth-order valence-electron chi connectivity index (χ4n) is 3.13. The summed E-state index contributed by atoms with van der Waals surface area (Å²) in [5.41, 5.74) is 0.642. The summed E-state index contributed by atoms with van der Waals surface area (Å²) in [4.78, 5) is 28.2. The van der Waals surface area contributed by atoms with Crippen molar-refractivity contribution >= 4 is 18.1 Å². The van der Waals surface area contributed by atoms with Crippen molar-refractivity contribution in [3.8, 4) is 0 Å². The number of benzene rings is 1. The number of piperidine rings is 1. The lowest BCUT2D eigenvalue weighted by Crippen LogP contribution is -2.48. The van der Waals surface area contributed by atoms with E-state index in [1.165, 1.54) is 12.1 Å². The Labute approximate surface area is 160 Å². The van der Waals surface area contributed by atoms with Crippen LogP contribution < -0.4 is 0 Å². The maximum atomic E-state index is 13.5. The molecule has 0 radical (unpaired) electrons. The van der Waals surface area contributed by atoms with Crippen LogP contribution in [0.15, 0.2) is 24.8 Å². The summed E-state index contributed by atoms with van der Waals surface area (Å²) >= 11 is 0. The van der Waals surface area contributed by atoms with E-state index in [0.717, 1.165) is 5.56 Å². The van der Waals surface area contributed by atoms with E-state index in [0.29, 0.717) is 31.5 Å². The van der Waals surface area contributed by atoms with Gasteiger partial charge < -0.3 is 14.5 Å². The maximum absolute atomic E-state index is 13.5. The molecule has 1 aromatic rings. The van der Waals surface area contributed by atoms with Gasteiger partial charge in [-0.2, -0.15) is 0 Å². The Morgan fingerprint density at radius 2 is 1.96 bits per heavy atom. The summed E-state index contributed by atoms with van der Waals surface area (Å²) < 4.78 is 18.9. The highest BCUT2D eigenvalue weighted by molar-refractivity contribution is 5.79. The number of halogens is 1. The molecule has 2 rings (SSSR count). The van der Waals surface area contributed by atoms with Crippen LogP contribution in [0.2, 0.25) is 0 Å². The van der Waals surface area contributed by atoms with Crippen LogP contribution in [0.3, 0.4) is 0 Å². The van der Waals surface area contributed by atoms with Gasteiger partial charge in [0.25, 0.3) is 0 Å². The molecule has 1 aliphatic heterocycles. The van der Waals surface area contributed by atoms with E-state index in [2.05, 4.69) is 6.58 Å². The van der Waals surface area contributed by atoms with Crippen LogP contribution in [0.4, 0.5) is 9.18 Å². The third kappa shape index (κ3) is 5.81. The molecule has 0 unspecified atom stereocenters. The van der Waals surface area contributed by atoms with E-state index in [9.17, 15) is 14.0 Å². The van der Waals surface area contributed by atoms with Crippen molar-refractivity contribution in [2.24, 2.45) is 0 Å². The minimum absolute atomic E-state index is 0.00925. The summed E-state index contributed by atoms with van der Waals surface area (Å²) in [6.07, 6.45) is 2.76. The highest BCUT2D eigenvalue weighted by atomic mass is 19.1. The molecular weight excluding hydrogens is 347 g/mol. The van der Waals surface area contributed by atoms with Crippen LogP contribution in [0, 0.1) is 5.82 Å². The molecule has 0 saturated carbocycles. The quantitative estimate of drug-likeness (QED) is 0.802. The number of nitrogens with zero attached hydrogens (tertiary/aromatic N) is 2. The van der Waals surface area contributed by atoms with Crippen LogP contribution in [0.25, 0.3) is 6.08 Å². The van der Waals surface area contributed by atoms with Crippen molar-refractivity contribution in [3.63, 3.8) is 0 Å². The SMILES string of the molecule is C=Cc1cc(CC(=O)N2CCC(N(C)C(=O)OC(C)(C)C)CC2)ccc1F. The normalized spacial score (nSPS) is 15.4. The molecule has 148 valence electrons. The molecule has 1 aromatic carbocycles. The molecular formula is C21H29FN2O3. The first-order valence-electron chi connectivity index (χ1n) is 9.25. The largest absolute Gasteiger partial charge is 0.444 e. The lowest BCUT2D eigenvalue weighted by Gasteiger charge is -2.37. The molecule has 0 atom stereocenters. The average molecular weight is 376 g/mol. The Balaban J connectivity index is 1.88. The zero-order chi connectivity index (χ0) is 20.2. The van der Waals surface area contributed by atoms with Crippen molar-refractivity contribution in [3.05, 3.63) is 41.7 Å². The van der Waals surface area contributed by atoms with Crippen molar-refractivity contribution in [2.45, 2.75) is 51.7 Å². The minimum atomic E-state index is -0.526. The van der Waals surface area contributed by atoms with Gasteiger partial charge in [0.05, 0.1) is 6.42 Å². The molecule has 6 heteroatoms. The van der Waals surface area contributed by atoms with Gasteiger partial charge in [-0.3, -0.25) is 4.79 Å². The highest BCUT2D eigenvalue weighted by Gasteiger charge is 2.29. The number of amides is 2. The van der Waals surface area contributed by atoms with Crippen LogP contribution in [0.1, 0.15) is 44.7 Å². The average Bonchev–Trinajstić information content (AvgIpc) is 2.61. The Morgan fingerprint density at radius 1 is 1.33 bits per heavy atom. The second-order valence-corrected chi connectivity index (χ2v) is 7.94. The first-order valence-corrected chi connectivity index (χ1v) is 9.25. The summed E-state index contributed by atoms with van der Waals surface area (Å²) in [5, 5.41) is 0. The van der Waals surface area contributed by atoms with E-state index >= 15 is 0 Å². The molecule has 0 aliphatic carbocycles. The van der Waals surface area contributed by atoms with Gasteiger partial charge in [0, 0.05) is 31.7 Å². The molecule has 1 aliphatic rings. The second kappa shape index (κ2) is 8.55. The van der Waals surface area contributed by atoms with Crippen molar-refractivity contribution < 1.29 is 18.7 Å². The number of likely N-dealkylation sites (tertiary alicyclic amines) is 1. The summed E-state index contributed by atoms with van der Waals surface area (Å²) in [7, 11) is 1.74. The molecule has 2 amide bonds. The maximum Gasteiger partial charge on any atom is 0.410 e. The van der Waals surface area contributed by atoms with E-state index in [1.54, 1.807) is 29.0 Å². The molecule has 0 spiro atoms. The molecule has 0 aromatic heterocycles. The highest BCUT2D eigenvalue weighted by Crippen LogP contribution is 2.20. The van der Waals surface area contributed by atoms with Crippen LogP contribution in [-0.2, 0) is 16.0 Å². The molecule has 1 saturated heterocycles. The number of hydrogen-bond donors (Lipinski definition) is 0. The molecule has 1 fully saturated rings. The Bertz CT molecular complexity index is 704. The van der Waals surface area contributed by atoms with Crippen LogP contribution >= 0.6 is 0 Å². The minimum Gasteiger partial charge on any atom is -0.444 e. The zero-order valence-electron chi connectivity index (χ0n) is 16.6. The lowest BCUT2D eigenvalue weighted by molar-refractivity contribution is -0.131. The second-order valence-electron chi connectivity index (χ2n) is 7.94. The van der Waals surface area contributed by atoms with Gasteiger partial charge in [0.1, 0.15) is 11.4 Å². The summed E-state index contributed by atoms with van der Waals surface area (Å²) in [6, 6.07) is 4.70. The Kier molecular flexibility index (Phi) is 6.63. The standard InChI is InChI=1S/C21H29FN2O3/c1-6-16-13-15(7-8-18(16)22)14-19(25)24-11-9-17(10-12-24)23(5)20(26)27-21(2,3)4/h6-8,13,17H,1,9-12,14H2,2-5H3. The number of ether oxygens (including phenoxy) is 1. The van der Waals surface area contributed by atoms with Gasteiger partial charge in [-0.15, -0.1) is 0 Å².